The number of carbonyl (C=O) groups is 1. The minimum absolute atomic E-state index is 0.0579. The number of hydrogen-bond donors (Lipinski definition) is 3. The summed E-state index contributed by atoms with van der Waals surface area (Å²) >= 11 is 0. The lowest BCUT2D eigenvalue weighted by Gasteiger charge is -2.21. The summed E-state index contributed by atoms with van der Waals surface area (Å²) < 4.78 is 0. The number of hydrogen-bond acceptors (Lipinski definition) is 3. The number of pyridine rings is 1. The largest absolute Gasteiger partial charge is 0.388 e. The zero-order valence-electron chi connectivity index (χ0n) is 10.3. The zero-order chi connectivity index (χ0) is 13.1. The van der Waals surface area contributed by atoms with E-state index in [1.54, 1.807) is 13.8 Å². The van der Waals surface area contributed by atoms with E-state index in [2.05, 4.69) is 10.3 Å². The molecule has 1 atom stereocenters. The van der Waals surface area contributed by atoms with E-state index in [0.717, 1.165) is 0 Å². The summed E-state index contributed by atoms with van der Waals surface area (Å²) in [6.07, 6.45) is 1.91. The van der Waals surface area contributed by atoms with E-state index in [9.17, 15) is 14.7 Å². The van der Waals surface area contributed by atoms with Crippen molar-refractivity contribution in [2.75, 3.05) is 6.54 Å². The van der Waals surface area contributed by atoms with Crippen molar-refractivity contribution in [1.29, 1.82) is 0 Å². The number of rotatable bonds is 4. The third kappa shape index (κ3) is 3.71. The van der Waals surface area contributed by atoms with Crippen LogP contribution in [0.3, 0.4) is 0 Å². The molecule has 1 aromatic heterocycles. The molecule has 0 radical (unpaired) electrons. The van der Waals surface area contributed by atoms with Crippen LogP contribution in [0.2, 0.25) is 0 Å². The summed E-state index contributed by atoms with van der Waals surface area (Å²) in [5.74, 6) is -0.472. The van der Waals surface area contributed by atoms with Crippen LogP contribution in [0.1, 0.15) is 36.3 Å². The number of H-pyrrole nitrogens is 1. The molecule has 0 fully saturated rings. The molecule has 0 aromatic carbocycles. The Morgan fingerprint density at radius 3 is 2.76 bits per heavy atom. The van der Waals surface area contributed by atoms with E-state index in [-0.39, 0.29) is 17.5 Å². The Balaban J connectivity index is 2.74. The van der Waals surface area contributed by atoms with Gasteiger partial charge < -0.3 is 15.4 Å². The molecule has 1 heterocycles. The average Bonchev–Trinajstić information content (AvgIpc) is 2.26. The molecule has 3 N–H and O–H groups in total. The second-order valence-corrected chi connectivity index (χ2v) is 4.43. The van der Waals surface area contributed by atoms with Crippen LogP contribution in [0.25, 0.3) is 0 Å². The van der Waals surface area contributed by atoms with E-state index in [1.165, 1.54) is 12.3 Å². The SMILES string of the molecule is CCC(C)(O)CNC(=O)c1c[nH]c(C)cc1=O. The second-order valence-electron chi connectivity index (χ2n) is 4.43. The van der Waals surface area contributed by atoms with E-state index in [0.29, 0.717) is 12.1 Å². The molecule has 17 heavy (non-hydrogen) atoms. The molecular formula is C12H18N2O3. The van der Waals surface area contributed by atoms with Crippen molar-refractivity contribution in [3.8, 4) is 0 Å². The maximum atomic E-state index is 11.7. The molecule has 0 saturated heterocycles. The first-order valence-electron chi connectivity index (χ1n) is 5.55. The third-order valence-corrected chi connectivity index (χ3v) is 2.69. The van der Waals surface area contributed by atoms with Crippen molar-refractivity contribution in [1.82, 2.24) is 10.3 Å². The van der Waals surface area contributed by atoms with Gasteiger partial charge >= 0.3 is 0 Å². The molecular weight excluding hydrogens is 220 g/mol. The number of aliphatic hydroxyl groups is 1. The summed E-state index contributed by atoms with van der Waals surface area (Å²) in [4.78, 5) is 26.0. The van der Waals surface area contributed by atoms with Gasteiger partial charge in [-0.1, -0.05) is 6.92 Å². The van der Waals surface area contributed by atoms with Crippen molar-refractivity contribution in [2.45, 2.75) is 32.8 Å². The first-order valence-corrected chi connectivity index (χ1v) is 5.55. The highest BCUT2D eigenvalue weighted by molar-refractivity contribution is 5.93. The molecule has 0 spiro atoms. The van der Waals surface area contributed by atoms with Crippen LogP contribution in [0.15, 0.2) is 17.1 Å². The lowest BCUT2D eigenvalue weighted by molar-refractivity contribution is 0.0518. The van der Waals surface area contributed by atoms with Gasteiger partial charge in [0.1, 0.15) is 5.56 Å². The Hall–Kier alpha value is -1.62. The topological polar surface area (TPSA) is 82.2 Å². The van der Waals surface area contributed by atoms with Gasteiger partial charge in [-0.2, -0.15) is 0 Å². The fourth-order valence-electron chi connectivity index (χ4n) is 1.24. The molecule has 5 nitrogen and oxygen atoms in total. The molecule has 5 heteroatoms. The standard InChI is InChI=1S/C12H18N2O3/c1-4-12(3,17)7-14-11(16)9-6-13-8(2)5-10(9)15/h5-6,17H,4,7H2,1-3H3,(H,13,15)(H,14,16). The van der Waals surface area contributed by atoms with Gasteiger partial charge in [-0.25, -0.2) is 0 Å². The van der Waals surface area contributed by atoms with E-state index < -0.39 is 11.5 Å². The summed E-state index contributed by atoms with van der Waals surface area (Å²) in [7, 11) is 0. The van der Waals surface area contributed by atoms with Crippen LogP contribution in [0.4, 0.5) is 0 Å². The van der Waals surface area contributed by atoms with E-state index in [1.807, 2.05) is 6.92 Å². The van der Waals surface area contributed by atoms with Crippen LogP contribution in [0.5, 0.6) is 0 Å². The van der Waals surface area contributed by atoms with Crippen LogP contribution in [0, 0.1) is 6.92 Å². The van der Waals surface area contributed by atoms with Crippen molar-refractivity contribution in [3.05, 3.63) is 33.7 Å². The molecule has 94 valence electrons. The Kier molecular flexibility index (Phi) is 4.07. The summed E-state index contributed by atoms with van der Waals surface area (Å²) in [5.41, 5.74) is -0.517. The molecule has 0 aliphatic carbocycles. The highest BCUT2D eigenvalue weighted by Gasteiger charge is 2.19. The molecule has 1 unspecified atom stereocenters. The Bertz CT molecular complexity index is 463. The van der Waals surface area contributed by atoms with Gasteiger partial charge in [0.25, 0.3) is 5.91 Å². The highest BCUT2D eigenvalue weighted by atomic mass is 16.3. The van der Waals surface area contributed by atoms with E-state index in [4.69, 9.17) is 0 Å². The molecule has 1 amide bonds. The lowest BCUT2D eigenvalue weighted by atomic mass is 10.0. The number of carbonyl (C=O) groups excluding carboxylic acids is 1. The number of nitrogens with one attached hydrogen (secondary N) is 2. The van der Waals surface area contributed by atoms with Crippen molar-refractivity contribution in [2.24, 2.45) is 0 Å². The quantitative estimate of drug-likeness (QED) is 0.717. The van der Waals surface area contributed by atoms with Gasteiger partial charge in [0, 0.05) is 24.5 Å². The molecule has 1 rings (SSSR count). The number of aromatic amines is 1. The van der Waals surface area contributed by atoms with Crippen molar-refractivity contribution in [3.63, 3.8) is 0 Å². The predicted molar refractivity (Wildman–Crippen MR) is 65.0 cm³/mol. The third-order valence-electron chi connectivity index (χ3n) is 2.69. The van der Waals surface area contributed by atoms with Crippen molar-refractivity contribution >= 4 is 5.91 Å². The maximum Gasteiger partial charge on any atom is 0.256 e. The van der Waals surface area contributed by atoms with Crippen molar-refractivity contribution < 1.29 is 9.90 Å². The smallest absolute Gasteiger partial charge is 0.256 e. The zero-order valence-corrected chi connectivity index (χ0v) is 10.3. The monoisotopic (exact) mass is 238 g/mol. The summed E-state index contributed by atoms with van der Waals surface area (Å²) in [6.45, 7) is 5.32. The normalized spacial score (nSPS) is 14.1. The first kappa shape index (κ1) is 13.4. The van der Waals surface area contributed by atoms with Crippen LogP contribution >= 0.6 is 0 Å². The van der Waals surface area contributed by atoms with E-state index >= 15 is 0 Å². The Morgan fingerprint density at radius 1 is 1.59 bits per heavy atom. The molecule has 1 aromatic rings. The predicted octanol–water partition coefficient (Wildman–Crippen LogP) is 0.574. The van der Waals surface area contributed by atoms with Gasteiger partial charge in [0.15, 0.2) is 5.43 Å². The summed E-state index contributed by atoms with van der Waals surface area (Å²) in [6, 6.07) is 1.37. The molecule has 0 bridgehead atoms. The molecule has 0 saturated carbocycles. The van der Waals surface area contributed by atoms with Gasteiger partial charge in [-0.3, -0.25) is 9.59 Å². The first-order chi connectivity index (χ1) is 7.85. The fraction of sp³-hybridized carbons (Fsp3) is 0.500. The fourth-order valence-corrected chi connectivity index (χ4v) is 1.24. The molecule has 0 aliphatic heterocycles. The van der Waals surface area contributed by atoms with Crippen LogP contribution in [-0.4, -0.2) is 28.1 Å². The minimum Gasteiger partial charge on any atom is -0.388 e. The average molecular weight is 238 g/mol. The molecule has 0 aliphatic rings. The minimum atomic E-state index is -0.951. The number of amides is 1. The van der Waals surface area contributed by atoms with Gasteiger partial charge in [-0.15, -0.1) is 0 Å². The number of aromatic nitrogens is 1. The van der Waals surface area contributed by atoms with Gasteiger partial charge in [0.2, 0.25) is 0 Å². The van der Waals surface area contributed by atoms with Crippen LogP contribution < -0.4 is 10.7 Å². The summed E-state index contributed by atoms with van der Waals surface area (Å²) in [5, 5.41) is 12.3. The maximum absolute atomic E-state index is 11.7. The Morgan fingerprint density at radius 2 is 2.24 bits per heavy atom. The second kappa shape index (κ2) is 5.14. The van der Waals surface area contributed by atoms with Crippen LogP contribution in [-0.2, 0) is 0 Å². The highest BCUT2D eigenvalue weighted by Crippen LogP contribution is 2.06. The van der Waals surface area contributed by atoms with Gasteiger partial charge in [-0.05, 0) is 20.3 Å². The lowest BCUT2D eigenvalue weighted by Crippen LogP contribution is -2.41. The number of aryl methyl sites for hydroxylation is 1. The Labute approximate surface area is 99.9 Å². The van der Waals surface area contributed by atoms with Gasteiger partial charge in [0.05, 0.1) is 5.60 Å².